The largest absolute Gasteiger partial charge is 0.392 e. The molecule has 0 bridgehead atoms. The van der Waals surface area contributed by atoms with Crippen molar-refractivity contribution in [2.45, 2.75) is 26.9 Å². The van der Waals surface area contributed by atoms with E-state index < -0.39 is 0 Å². The SMILES string of the molecule is Cc1cc(N(C)CC(C)O)nc(C)n1. The first-order chi connectivity index (χ1) is 6.49. The minimum atomic E-state index is -0.351. The van der Waals surface area contributed by atoms with Crippen molar-refractivity contribution < 1.29 is 5.11 Å². The molecule has 0 aromatic carbocycles. The van der Waals surface area contributed by atoms with E-state index in [0.29, 0.717) is 6.54 Å². The maximum Gasteiger partial charge on any atom is 0.132 e. The quantitative estimate of drug-likeness (QED) is 0.779. The molecule has 0 saturated carbocycles. The molecule has 1 heterocycles. The van der Waals surface area contributed by atoms with Crippen LogP contribution in [0.25, 0.3) is 0 Å². The number of aliphatic hydroxyl groups is 1. The normalized spacial score (nSPS) is 12.6. The zero-order valence-electron chi connectivity index (χ0n) is 9.15. The third-order valence-electron chi connectivity index (χ3n) is 1.88. The van der Waals surface area contributed by atoms with Crippen molar-refractivity contribution in [2.24, 2.45) is 0 Å². The number of anilines is 1. The minimum absolute atomic E-state index is 0.351. The van der Waals surface area contributed by atoms with Gasteiger partial charge in [0, 0.05) is 25.4 Å². The minimum Gasteiger partial charge on any atom is -0.392 e. The van der Waals surface area contributed by atoms with Gasteiger partial charge in [-0.2, -0.15) is 0 Å². The average Bonchev–Trinajstić information content (AvgIpc) is 2.00. The van der Waals surface area contributed by atoms with Crippen molar-refractivity contribution in [3.8, 4) is 0 Å². The average molecular weight is 195 g/mol. The Morgan fingerprint density at radius 3 is 2.57 bits per heavy atom. The highest BCUT2D eigenvalue weighted by Crippen LogP contribution is 2.10. The standard InChI is InChI=1S/C10H17N3O/c1-7-5-10(12-9(3)11-7)13(4)6-8(2)14/h5,8,14H,6H2,1-4H3. The van der Waals surface area contributed by atoms with Crippen LogP contribution in [0, 0.1) is 13.8 Å². The number of rotatable bonds is 3. The van der Waals surface area contributed by atoms with E-state index in [2.05, 4.69) is 9.97 Å². The van der Waals surface area contributed by atoms with Crippen molar-refractivity contribution in [1.29, 1.82) is 0 Å². The van der Waals surface area contributed by atoms with Crippen molar-refractivity contribution in [3.05, 3.63) is 17.6 Å². The Kier molecular flexibility index (Phi) is 3.41. The fraction of sp³-hybridized carbons (Fsp3) is 0.600. The van der Waals surface area contributed by atoms with Gasteiger partial charge in [-0.15, -0.1) is 0 Å². The van der Waals surface area contributed by atoms with Crippen LogP contribution in [0.15, 0.2) is 6.07 Å². The molecular weight excluding hydrogens is 178 g/mol. The molecule has 4 nitrogen and oxygen atoms in total. The summed E-state index contributed by atoms with van der Waals surface area (Å²) >= 11 is 0. The number of likely N-dealkylation sites (N-methyl/N-ethyl adjacent to an activating group) is 1. The Labute approximate surface area is 84.6 Å². The van der Waals surface area contributed by atoms with E-state index in [9.17, 15) is 5.11 Å². The Bertz CT molecular complexity index is 292. The fourth-order valence-corrected chi connectivity index (χ4v) is 1.38. The molecule has 0 spiro atoms. The lowest BCUT2D eigenvalue weighted by atomic mass is 10.3. The number of aliphatic hydroxyl groups excluding tert-OH is 1. The Balaban J connectivity index is 2.84. The Hall–Kier alpha value is -1.16. The third kappa shape index (κ3) is 2.96. The van der Waals surface area contributed by atoms with E-state index >= 15 is 0 Å². The van der Waals surface area contributed by atoms with Crippen molar-refractivity contribution in [3.63, 3.8) is 0 Å². The molecule has 1 aromatic rings. The van der Waals surface area contributed by atoms with Gasteiger partial charge in [0.25, 0.3) is 0 Å². The van der Waals surface area contributed by atoms with Crippen LogP contribution in [0.5, 0.6) is 0 Å². The van der Waals surface area contributed by atoms with Crippen LogP contribution in [0.1, 0.15) is 18.4 Å². The zero-order valence-corrected chi connectivity index (χ0v) is 9.15. The number of hydrogen-bond donors (Lipinski definition) is 1. The van der Waals surface area contributed by atoms with Gasteiger partial charge in [-0.1, -0.05) is 0 Å². The molecule has 1 aromatic heterocycles. The highest BCUT2D eigenvalue weighted by molar-refractivity contribution is 5.38. The van der Waals surface area contributed by atoms with Gasteiger partial charge in [-0.3, -0.25) is 0 Å². The molecule has 0 amide bonds. The first kappa shape index (κ1) is 10.9. The van der Waals surface area contributed by atoms with Crippen LogP contribution < -0.4 is 4.90 Å². The van der Waals surface area contributed by atoms with E-state index in [0.717, 1.165) is 17.3 Å². The summed E-state index contributed by atoms with van der Waals surface area (Å²) in [6.07, 6.45) is -0.351. The second-order valence-electron chi connectivity index (χ2n) is 3.64. The molecule has 1 N–H and O–H groups in total. The zero-order chi connectivity index (χ0) is 10.7. The lowest BCUT2D eigenvalue weighted by Crippen LogP contribution is -2.27. The second-order valence-corrected chi connectivity index (χ2v) is 3.64. The van der Waals surface area contributed by atoms with Gasteiger partial charge in [-0.05, 0) is 20.8 Å². The summed E-state index contributed by atoms with van der Waals surface area (Å²) in [4.78, 5) is 10.4. The molecule has 1 unspecified atom stereocenters. The number of hydrogen-bond acceptors (Lipinski definition) is 4. The smallest absolute Gasteiger partial charge is 0.132 e. The number of nitrogens with zero attached hydrogens (tertiary/aromatic N) is 3. The molecule has 0 radical (unpaired) electrons. The second kappa shape index (κ2) is 4.37. The molecule has 0 aliphatic heterocycles. The number of aryl methyl sites for hydroxylation is 2. The maximum atomic E-state index is 9.24. The molecule has 0 aliphatic carbocycles. The van der Waals surface area contributed by atoms with Gasteiger partial charge < -0.3 is 10.0 Å². The molecule has 0 saturated heterocycles. The van der Waals surface area contributed by atoms with Crippen molar-refractivity contribution in [2.75, 3.05) is 18.5 Å². The first-order valence-electron chi connectivity index (χ1n) is 4.70. The predicted octanol–water partition coefficient (Wildman–Crippen LogP) is 0.910. The molecule has 14 heavy (non-hydrogen) atoms. The molecule has 1 rings (SSSR count). The van der Waals surface area contributed by atoms with E-state index in [1.165, 1.54) is 0 Å². The molecule has 1 atom stereocenters. The van der Waals surface area contributed by atoms with Crippen LogP contribution in [-0.4, -0.2) is 34.8 Å². The molecule has 4 heteroatoms. The predicted molar refractivity (Wildman–Crippen MR) is 56.5 cm³/mol. The van der Waals surface area contributed by atoms with E-state index in [-0.39, 0.29) is 6.10 Å². The van der Waals surface area contributed by atoms with Crippen LogP contribution in [-0.2, 0) is 0 Å². The third-order valence-corrected chi connectivity index (χ3v) is 1.88. The lowest BCUT2D eigenvalue weighted by Gasteiger charge is -2.20. The lowest BCUT2D eigenvalue weighted by molar-refractivity contribution is 0.201. The summed E-state index contributed by atoms with van der Waals surface area (Å²) < 4.78 is 0. The summed E-state index contributed by atoms with van der Waals surface area (Å²) in [7, 11) is 1.91. The van der Waals surface area contributed by atoms with Gasteiger partial charge in [0.15, 0.2) is 0 Å². The first-order valence-corrected chi connectivity index (χ1v) is 4.70. The summed E-state index contributed by atoms with van der Waals surface area (Å²) in [5.41, 5.74) is 0.949. The van der Waals surface area contributed by atoms with Gasteiger partial charge in [0.2, 0.25) is 0 Å². The summed E-state index contributed by atoms with van der Waals surface area (Å²) in [6, 6.07) is 1.91. The topological polar surface area (TPSA) is 49.2 Å². The van der Waals surface area contributed by atoms with E-state index in [1.807, 2.05) is 31.9 Å². The maximum absolute atomic E-state index is 9.24. The summed E-state index contributed by atoms with van der Waals surface area (Å²) in [5, 5.41) is 9.24. The van der Waals surface area contributed by atoms with Crippen LogP contribution in [0.4, 0.5) is 5.82 Å². The Morgan fingerprint density at radius 1 is 1.43 bits per heavy atom. The monoisotopic (exact) mass is 195 g/mol. The molecular formula is C10H17N3O. The number of aromatic nitrogens is 2. The van der Waals surface area contributed by atoms with Gasteiger partial charge in [-0.25, -0.2) is 9.97 Å². The van der Waals surface area contributed by atoms with Crippen LogP contribution >= 0.6 is 0 Å². The van der Waals surface area contributed by atoms with E-state index in [4.69, 9.17) is 0 Å². The fourth-order valence-electron chi connectivity index (χ4n) is 1.38. The van der Waals surface area contributed by atoms with Gasteiger partial charge in [0.05, 0.1) is 6.10 Å². The highest BCUT2D eigenvalue weighted by Gasteiger charge is 2.06. The van der Waals surface area contributed by atoms with Crippen molar-refractivity contribution in [1.82, 2.24) is 9.97 Å². The van der Waals surface area contributed by atoms with Crippen LogP contribution in [0.2, 0.25) is 0 Å². The molecule has 0 fully saturated rings. The summed E-state index contributed by atoms with van der Waals surface area (Å²) in [5.74, 6) is 1.62. The highest BCUT2D eigenvalue weighted by atomic mass is 16.3. The molecule has 78 valence electrons. The Morgan fingerprint density at radius 2 is 2.07 bits per heavy atom. The van der Waals surface area contributed by atoms with Gasteiger partial charge >= 0.3 is 0 Å². The molecule has 0 aliphatic rings. The van der Waals surface area contributed by atoms with Crippen LogP contribution in [0.3, 0.4) is 0 Å². The van der Waals surface area contributed by atoms with E-state index in [1.54, 1.807) is 6.92 Å². The summed E-state index contributed by atoms with van der Waals surface area (Å²) in [6.45, 7) is 6.15. The van der Waals surface area contributed by atoms with Crippen molar-refractivity contribution >= 4 is 5.82 Å². The van der Waals surface area contributed by atoms with Gasteiger partial charge in [0.1, 0.15) is 11.6 Å².